The van der Waals surface area contributed by atoms with Crippen LogP contribution in [-0.2, 0) is 0 Å². The van der Waals surface area contributed by atoms with Gasteiger partial charge in [-0.2, -0.15) is 0 Å². The van der Waals surface area contributed by atoms with Crippen molar-refractivity contribution < 1.29 is 4.74 Å². The molecule has 1 atom stereocenters. The number of aromatic amines is 1. The number of hydrogen-bond acceptors (Lipinski definition) is 2. The highest BCUT2D eigenvalue weighted by Gasteiger charge is 2.13. The molecule has 108 valence electrons. The van der Waals surface area contributed by atoms with Crippen LogP contribution in [0.1, 0.15) is 24.1 Å². The molecule has 0 bridgehead atoms. The quantitative estimate of drug-likeness (QED) is 0.715. The lowest BCUT2D eigenvalue weighted by atomic mass is 10.1. The second kappa shape index (κ2) is 5.37. The van der Waals surface area contributed by atoms with E-state index in [4.69, 9.17) is 17.0 Å². The summed E-state index contributed by atoms with van der Waals surface area (Å²) in [6.07, 6.45) is 0. The molecule has 0 aliphatic carbocycles. The Hall–Kier alpha value is -2.07. The lowest BCUT2D eigenvalue weighted by molar-refractivity contribution is 0.415. The number of methoxy groups -OCH3 is 1. The number of benzene rings is 2. The Morgan fingerprint density at radius 2 is 1.86 bits per heavy atom. The van der Waals surface area contributed by atoms with Crippen LogP contribution >= 0.6 is 12.2 Å². The zero-order valence-corrected chi connectivity index (χ0v) is 13.2. The average Bonchev–Trinajstić information content (AvgIpc) is 2.82. The fourth-order valence-corrected chi connectivity index (χ4v) is 2.98. The predicted molar refractivity (Wildman–Crippen MR) is 88.7 cm³/mol. The van der Waals surface area contributed by atoms with Gasteiger partial charge in [-0.1, -0.05) is 29.8 Å². The molecule has 3 rings (SSSR count). The lowest BCUT2D eigenvalue weighted by Crippen LogP contribution is -2.06. The number of rotatable bonds is 3. The topological polar surface area (TPSA) is 29.9 Å². The minimum Gasteiger partial charge on any atom is -0.497 e. The van der Waals surface area contributed by atoms with Crippen molar-refractivity contribution in [3.63, 3.8) is 0 Å². The number of H-pyrrole nitrogens is 1. The third-order valence-corrected chi connectivity index (χ3v) is 4.17. The number of aryl methyl sites for hydroxylation is 1. The Kier molecular flexibility index (Phi) is 3.55. The van der Waals surface area contributed by atoms with Gasteiger partial charge >= 0.3 is 0 Å². The fraction of sp³-hybridized carbons (Fsp3) is 0.235. The van der Waals surface area contributed by atoms with Gasteiger partial charge in [0.15, 0.2) is 4.77 Å². The van der Waals surface area contributed by atoms with Gasteiger partial charge in [-0.25, -0.2) is 0 Å². The van der Waals surface area contributed by atoms with Gasteiger partial charge in [0.1, 0.15) is 5.75 Å². The summed E-state index contributed by atoms with van der Waals surface area (Å²) in [6, 6.07) is 14.7. The van der Waals surface area contributed by atoms with Crippen molar-refractivity contribution in [3.05, 3.63) is 58.4 Å². The summed E-state index contributed by atoms with van der Waals surface area (Å²) < 4.78 is 8.14. The van der Waals surface area contributed by atoms with Crippen LogP contribution in [0.25, 0.3) is 11.0 Å². The standard InChI is InChI=1S/C17H18N2OS/c1-11-4-6-13(7-5-11)12(2)19-16-9-8-14(20-3)10-15(16)18-17(19)21/h4-10,12H,1-3H3,(H,18,21). The molecular formula is C17H18N2OS. The molecule has 1 N–H and O–H groups in total. The van der Waals surface area contributed by atoms with E-state index < -0.39 is 0 Å². The van der Waals surface area contributed by atoms with Gasteiger partial charge in [0.2, 0.25) is 0 Å². The first-order chi connectivity index (χ1) is 10.1. The molecule has 0 radical (unpaired) electrons. The van der Waals surface area contributed by atoms with Crippen LogP contribution in [0, 0.1) is 11.7 Å². The Balaban J connectivity index is 2.13. The second-order valence-corrected chi connectivity index (χ2v) is 5.66. The van der Waals surface area contributed by atoms with Crippen LogP contribution in [0.3, 0.4) is 0 Å². The summed E-state index contributed by atoms with van der Waals surface area (Å²) in [7, 11) is 1.67. The van der Waals surface area contributed by atoms with Gasteiger partial charge in [0.25, 0.3) is 0 Å². The highest BCUT2D eigenvalue weighted by molar-refractivity contribution is 7.71. The molecule has 0 aliphatic heterocycles. The molecule has 0 fully saturated rings. The summed E-state index contributed by atoms with van der Waals surface area (Å²) in [4.78, 5) is 3.26. The highest BCUT2D eigenvalue weighted by atomic mass is 32.1. The van der Waals surface area contributed by atoms with Crippen molar-refractivity contribution in [2.45, 2.75) is 19.9 Å². The minimum absolute atomic E-state index is 0.181. The number of aromatic nitrogens is 2. The molecule has 21 heavy (non-hydrogen) atoms. The third kappa shape index (κ3) is 2.47. The molecule has 3 nitrogen and oxygen atoms in total. The maximum Gasteiger partial charge on any atom is 0.178 e. The zero-order valence-electron chi connectivity index (χ0n) is 12.4. The van der Waals surface area contributed by atoms with E-state index in [0.29, 0.717) is 0 Å². The van der Waals surface area contributed by atoms with Gasteiger partial charge in [-0.05, 0) is 43.8 Å². The van der Waals surface area contributed by atoms with Crippen LogP contribution in [0.2, 0.25) is 0 Å². The van der Waals surface area contributed by atoms with Crippen LogP contribution < -0.4 is 4.74 Å². The molecule has 3 aromatic rings. The molecule has 4 heteroatoms. The summed E-state index contributed by atoms with van der Waals surface area (Å²) >= 11 is 5.50. The molecule has 0 amide bonds. The van der Waals surface area contributed by atoms with E-state index in [0.717, 1.165) is 21.6 Å². The van der Waals surface area contributed by atoms with E-state index in [1.165, 1.54) is 11.1 Å². The van der Waals surface area contributed by atoms with Crippen molar-refractivity contribution in [2.24, 2.45) is 0 Å². The first-order valence-corrected chi connectivity index (χ1v) is 7.36. The van der Waals surface area contributed by atoms with Gasteiger partial charge in [0, 0.05) is 6.07 Å². The highest BCUT2D eigenvalue weighted by Crippen LogP contribution is 2.27. The number of imidazole rings is 1. The molecule has 1 unspecified atom stereocenters. The predicted octanol–water partition coefficient (Wildman–Crippen LogP) is 4.63. The smallest absolute Gasteiger partial charge is 0.178 e. The van der Waals surface area contributed by atoms with E-state index in [9.17, 15) is 0 Å². The summed E-state index contributed by atoms with van der Waals surface area (Å²) in [6.45, 7) is 4.26. The minimum atomic E-state index is 0.181. The van der Waals surface area contributed by atoms with Gasteiger partial charge < -0.3 is 14.3 Å². The molecule has 0 aliphatic rings. The van der Waals surface area contributed by atoms with Gasteiger partial charge in [0.05, 0.1) is 24.2 Å². The van der Waals surface area contributed by atoms with Crippen molar-refractivity contribution in [1.29, 1.82) is 0 Å². The summed E-state index contributed by atoms with van der Waals surface area (Å²) in [5.41, 5.74) is 4.60. The Bertz CT molecular complexity index is 830. The van der Waals surface area contributed by atoms with Crippen molar-refractivity contribution in [2.75, 3.05) is 7.11 Å². The van der Waals surface area contributed by atoms with Gasteiger partial charge in [-0.3, -0.25) is 0 Å². The number of nitrogens with zero attached hydrogens (tertiary/aromatic N) is 1. The molecule has 0 spiro atoms. The summed E-state index contributed by atoms with van der Waals surface area (Å²) in [5, 5.41) is 0. The van der Waals surface area contributed by atoms with Crippen LogP contribution in [0.15, 0.2) is 42.5 Å². The molecule has 2 aromatic carbocycles. The normalized spacial score (nSPS) is 12.5. The van der Waals surface area contributed by atoms with Crippen LogP contribution in [-0.4, -0.2) is 16.7 Å². The first-order valence-electron chi connectivity index (χ1n) is 6.95. The van der Waals surface area contributed by atoms with E-state index >= 15 is 0 Å². The van der Waals surface area contributed by atoms with E-state index in [2.05, 4.69) is 47.7 Å². The molecular weight excluding hydrogens is 280 g/mol. The van der Waals surface area contributed by atoms with Crippen LogP contribution in [0.5, 0.6) is 5.75 Å². The summed E-state index contributed by atoms with van der Waals surface area (Å²) in [5.74, 6) is 0.828. The maximum absolute atomic E-state index is 5.50. The van der Waals surface area contributed by atoms with E-state index in [1.807, 2.05) is 18.2 Å². The third-order valence-electron chi connectivity index (χ3n) is 3.87. The van der Waals surface area contributed by atoms with Gasteiger partial charge in [-0.15, -0.1) is 0 Å². The first kappa shape index (κ1) is 13.9. The number of fused-ring (bicyclic) bond motifs is 1. The molecule has 1 aromatic heterocycles. The number of nitrogens with one attached hydrogen (secondary N) is 1. The molecule has 0 saturated heterocycles. The average molecular weight is 298 g/mol. The van der Waals surface area contributed by atoms with E-state index in [-0.39, 0.29) is 6.04 Å². The Morgan fingerprint density at radius 3 is 2.52 bits per heavy atom. The largest absolute Gasteiger partial charge is 0.497 e. The Morgan fingerprint density at radius 1 is 1.14 bits per heavy atom. The van der Waals surface area contributed by atoms with Crippen LogP contribution in [0.4, 0.5) is 0 Å². The van der Waals surface area contributed by atoms with E-state index in [1.54, 1.807) is 7.11 Å². The van der Waals surface area contributed by atoms with Crippen molar-refractivity contribution >= 4 is 23.3 Å². The monoisotopic (exact) mass is 298 g/mol. The Labute approximate surface area is 129 Å². The molecule has 1 heterocycles. The number of hydrogen-bond donors (Lipinski definition) is 1. The maximum atomic E-state index is 5.50. The van der Waals surface area contributed by atoms with Crippen molar-refractivity contribution in [1.82, 2.24) is 9.55 Å². The lowest BCUT2D eigenvalue weighted by Gasteiger charge is -2.15. The second-order valence-electron chi connectivity index (χ2n) is 5.27. The zero-order chi connectivity index (χ0) is 15.0. The fourth-order valence-electron chi connectivity index (χ4n) is 2.62. The number of ether oxygens (including phenoxy) is 1. The SMILES string of the molecule is COc1ccc2c(c1)[nH]c(=S)n2C(C)c1ccc(C)cc1. The molecule has 0 saturated carbocycles. The van der Waals surface area contributed by atoms with Crippen molar-refractivity contribution in [3.8, 4) is 5.75 Å².